The van der Waals surface area contributed by atoms with Gasteiger partial charge in [0.05, 0.1) is 30.7 Å². The number of methoxy groups -OCH3 is 1. The molecular weight excluding hydrogens is 330 g/mol. The van der Waals surface area contributed by atoms with Crippen LogP contribution in [0.3, 0.4) is 0 Å². The minimum Gasteiger partial charge on any atom is -0.504 e. The molecule has 1 aromatic heterocycles. The van der Waals surface area contributed by atoms with Crippen molar-refractivity contribution in [3.8, 4) is 11.5 Å². The topological polar surface area (TPSA) is 109 Å². The van der Waals surface area contributed by atoms with E-state index < -0.39 is 6.03 Å². The molecule has 9 heteroatoms. The van der Waals surface area contributed by atoms with E-state index in [4.69, 9.17) is 4.74 Å². The maximum absolute atomic E-state index is 11.9. The van der Waals surface area contributed by atoms with Crippen molar-refractivity contribution >= 4 is 40.7 Å². The molecule has 3 N–H and O–H groups in total. The van der Waals surface area contributed by atoms with Gasteiger partial charge in [0.25, 0.3) is 0 Å². The van der Waals surface area contributed by atoms with Gasteiger partial charge in [0, 0.05) is 0 Å². The second-order valence-corrected chi connectivity index (χ2v) is 5.22. The van der Waals surface area contributed by atoms with E-state index in [0.717, 1.165) is 17.2 Å². The zero-order valence-electron chi connectivity index (χ0n) is 12.6. The molecule has 0 aliphatic heterocycles. The van der Waals surface area contributed by atoms with Gasteiger partial charge in [0.15, 0.2) is 11.5 Å². The van der Waals surface area contributed by atoms with Crippen molar-refractivity contribution in [2.45, 2.75) is 0 Å². The van der Waals surface area contributed by atoms with Gasteiger partial charge < -0.3 is 15.2 Å². The third kappa shape index (κ3) is 3.41. The van der Waals surface area contributed by atoms with Gasteiger partial charge in [-0.15, -0.1) is 0 Å². The molecule has 0 fully saturated rings. The number of phenolic OH excluding ortho intramolecular Hbond substituents is 1. The van der Waals surface area contributed by atoms with Crippen LogP contribution in [0.1, 0.15) is 5.56 Å². The summed E-state index contributed by atoms with van der Waals surface area (Å²) < 4.78 is 13.2. The van der Waals surface area contributed by atoms with Crippen molar-refractivity contribution in [1.82, 2.24) is 14.2 Å². The fourth-order valence-electron chi connectivity index (χ4n) is 2.00. The van der Waals surface area contributed by atoms with Crippen molar-refractivity contribution in [3.05, 3.63) is 42.0 Å². The van der Waals surface area contributed by atoms with E-state index in [1.165, 1.54) is 19.4 Å². The Morgan fingerprint density at radius 1 is 1.33 bits per heavy atom. The number of aromatic hydroxyl groups is 1. The zero-order chi connectivity index (χ0) is 16.9. The van der Waals surface area contributed by atoms with E-state index in [1.54, 1.807) is 24.3 Å². The molecule has 3 aromatic rings. The lowest BCUT2D eigenvalue weighted by Gasteiger charge is -2.05. The summed E-state index contributed by atoms with van der Waals surface area (Å²) in [5.41, 5.74) is 4.93. The Kier molecular flexibility index (Phi) is 4.52. The molecule has 122 valence electrons. The monoisotopic (exact) mass is 343 g/mol. The third-order valence-electron chi connectivity index (χ3n) is 3.12. The zero-order valence-corrected chi connectivity index (χ0v) is 13.4. The quantitative estimate of drug-likeness (QED) is 0.498. The maximum atomic E-state index is 11.9. The van der Waals surface area contributed by atoms with Gasteiger partial charge in [-0.2, -0.15) is 13.8 Å². The predicted molar refractivity (Wildman–Crippen MR) is 91.8 cm³/mol. The fraction of sp³-hybridized carbons (Fsp3) is 0.0667. The number of nitrogens with zero attached hydrogens (tertiary/aromatic N) is 3. The highest BCUT2D eigenvalue weighted by atomic mass is 32.1. The summed E-state index contributed by atoms with van der Waals surface area (Å²) >= 11 is 1.08. The number of nitrogens with one attached hydrogen (secondary N) is 2. The molecular formula is C15H13N5O3S. The molecule has 2 amide bonds. The Morgan fingerprint density at radius 2 is 2.21 bits per heavy atom. The van der Waals surface area contributed by atoms with Gasteiger partial charge in [-0.1, -0.05) is 6.07 Å². The second kappa shape index (κ2) is 6.92. The van der Waals surface area contributed by atoms with Crippen LogP contribution in [0.25, 0.3) is 11.0 Å². The number of amides is 2. The number of rotatable bonds is 4. The molecule has 0 aliphatic carbocycles. The van der Waals surface area contributed by atoms with E-state index in [2.05, 4.69) is 24.6 Å². The number of hydrogen-bond donors (Lipinski definition) is 3. The van der Waals surface area contributed by atoms with Crippen LogP contribution in [0, 0.1) is 0 Å². The number of carbonyl (C=O) groups is 1. The molecule has 0 bridgehead atoms. The minimum atomic E-state index is -0.502. The van der Waals surface area contributed by atoms with E-state index in [0.29, 0.717) is 22.5 Å². The summed E-state index contributed by atoms with van der Waals surface area (Å²) in [5.74, 6) is 0.358. The van der Waals surface area contributed by atoms with E-state index in [-0.39, 0.29) is 5.75 Å². The SMILES string of the molecule is COc1cc(/C=N/NC(=O)Nc2cccc3nsnc23)ccc1O. The second-order valence-electron chi connectivity index (χ2n) is 4.69. The number of ether oxygens (including phenoxy) is 1. The maximum Gasteiger partial charge on any atom is 0.339 e. The van der Waals surface area contributed by atoms with Crippen LogP contribution in [0.4, 0.5) is 10.5 Å². The van der Waals surface area contributed by atoms with E-state index in [9.17, 15) is 9.90 Å². The molecule has 8 nitrogen and oxygen atoms in total. The Morgan fingerprint density at radius 3 is 3.04 bits per heavy atom. The van der Waals surface area contributed by atoms with Crippen molar-refractivity contribution in [3.63, 3.8) is 0 Å². The van der Waals surface area contributed by atoms with Gasteiger partial charge in [-0.05, 0) is 35.9 Å². The van der Waals surface area contributed by atoms with Gasteiger partial charge in [0.2, 0.25) is 0 Å². The number of urea groups is 1. The highest BCUT2D eigenvalue weighted by Gasteiger charge is 2.07. The van der Waals surface area contributed by atoms with Crippen LogP contribution in [-0.4, -0.2) is 33.2 Å². The standard InChI is InChI=1S/C15H13N5O3S/c1-23-13-7-9(5-6-12(13)21)8-16-18-15(22)17-10-3-2-4-11-14(10)20-24-19-11/h2-8,21H,1H3,(H2,17,18,22)/b16-8+. The highest BCUT2D eigenvalue weighted by molar-refractivity contribution is 7.00. The van der Waals surface area contributed by atoms with Crippen LogP contribution in [0.5, 0.6) is 11.5 Å². The number of carbonyl (C=O) groups excluding carboxylic acids is 1. The van der Waals surface area contributed by atoms with Crippen molar-refractivity contribution in [2.75, 3.05) is 12.4 Å². The Labute approximate surface area is 141 Å². The normalized spacial score (nSPS) is 10.9. The summed E-state index contributed by atoms with van der Waals surface area (Å²) in [6, 6.07) is 9.55. The molecule has 0 unspecified atom stereocenters. The largest absolute Gasteiger partial charge is 0.504 e. The molecule has 3 rings (SSSR count). The van der Waals surface area contributed by atoms with Crippen LogP contribution in [0.2, 0.25) is 0 Å². The fourth-order valence-corrected chi connectivity index (χ4v) is 2.55. The van der Waals surface area contributed by atoms with Crippen molar-refractivity contribution in [1.29, 1.82) is 0 Å². The summed E-state index contributed by atoms with van der Waals surface area (Å²) in [6.07, 6.45) is 1.44. The summed E-state index contributed by atoms with van der Waals surface area (Å²) in [4.78, 5) is 11.9. The molecule has 0 spiro atoms. The Balaban J connectivity index is 1.64. The first kappa shape index (κ1) is 15.7. The van der Waals surface area contributed by atoms with Crippen molar-refractivity contribution < 1.29 is 14.6 Å². The number of hydrogen-bond acceptors (Lipinski definition) is 7. The van der Waals surface area contributed by atoms with E-state index in [1.807, 2.05) is 6.07 Å². The lowest BCUT2D eigenvalue weighted by atomic mass is 10.2. The summed E-state index contributed by atoms with van der Waals surface area (Å²) in [5, 5.41) is 16.0. The smallest absolute Gasteiger partial charge is 0.339 e. The first-order chi connectivity index (χ1) is 11.7. The van der Waals surface area contributed by atoms with Crippen LogP contribution in [0.15, 0.2) is 41.5 Å². The number of hydrazone groups is 1. The number of phenols is 1. The number of fused-ring (bicyclic) bond motifs is 1. The number of benzene rings is 2. The molecule has 0 atom stereocenters. The molecule has 0 aliphatic rings. The van der Waals surface area contributed by atoms with Crippen molar-refractivity contribution in [2.24, 2.45) is 5.10 Å². The summed E-state index contributed by atoms with van der Waals surface area (Å²) in [7, 11) is 1.45. The Bertz CT molecular complexity index is 909. The average molecular weight is 343 g/mol. The summed E-state index contributed by atoms with van der Waals surface area (Å²) in [6.45, 7) is 0. The molecule has 0 saturated carbocycles. The average Bonchev–Trinajstić information content (AvgIpc) is 3.06. The lowest BCUT2D eigenvalue weighted by molar-refractivity contribution is 0.252. The molecule has 0 saturated heterocycles. The van der Waals surface area contributed by atoms with Gasteiger partial charge in [-0.3, -0.25) is 0 Å². The first-order valence-electron chi connectivity index (χ1n) is 6.85. The lowest BCUT2D eigenvalue weighted by Crippen LogP contribution is -2.24. The molecule has 0 radical (unpaired) electrons. The molecule has 1 heterocycles. The molecule has 2 aromatic carbocycles. The number of aromatic nitrogens is 2. The first-order valence-corrected chi connectivity index (χ1v) is 7.59. The van der Waals surface area contributed by atoms with Gasteiger partial charge in [-0.25, -0.2) is 10.2 Å². The van der Waals surface area contributed by atoms with Crippen LogP contribution in [-0.2, 0) is 0 Å². The van der Waals surface area contributed by atoms with E-state index >= 15 is 0 Å². The van der Waals surface area contributed by atoms with Gasteiger partial charge >= 0.3 is 6.03 Å². The third-order valence-corrected chi connectivity index (χ3v) is 3.66. The molecule has 24 heavy (non-hydrogen) atoms. The van der Waals surface area contributed by atoms with Crippen LogP contribution >= 0.6 is 11.7 Å². The predicted octanol–water partition coefficient (Wildman–Crippen LogP) is 2.56. The minimum absolute atomic E-state index is 0.0327. The number of anilines is 1. The Hall–Kier alpha value is -3.20. The highest BCUT2D eigenvalue weighted by Crippen LogP contribution is 2.25. The van der Waals surface area contributed by atoms with Crippen LogP contribution < -0.4 is 15.5 Å². The van der Waals surface area contributed by atoms with Gasteiger partial charge in [0.1, 0.15) is 11.0 Å².